The maximum absolute atomic E-state index is 12.7. The molecule has 9 heteroatoms. The molecule has 2 aromatic rings. The van der Waals surface area contributed by atoms with E-state index in [-0.39, 0.29) is 11.9 Å². The number of imide groups is 1. The summed E-state index contributed by atoms with van der Waals surface area (Å²) in [6.45, 7) is 6.54. The van der Waals surface area contributed by atoms with Crippen molar-refractivity contribution >= 4 is 34.6 Å². The van der Waals surface area contributed by atoms with E-state index in [1.165, 1.54) is 16.7 Å². The third-order valence-electron chi connectivity index (χ3n) is 4.84. The lowest BCUT2D eigenvalue weighted by atomic mass is 10.2. The Labute approximate surface area is 167 Å². The Morgan fingerprint density at radius 3 is 2.79 bits per heavy atom. The lowest BCUT2D eigenvalue weighted by Gasteiger charge is -2.26. The second-order valence-corrected chi connectivity index (χ2v) is 8.16. The molecule has 0 bridgehead atoms. The van der Waals surface area contributed by atoms with Gasteiger partial charge >= 0.3 is 6.03 Å². The number of benzene rings is 1. The molecule has 0 spiro atoms. The molecule has 0 radical (unpaired) electrons. The molecule has 1 N–H and O–H groups in total. The normalized spacial score (nSPS) is 19.0. The fraction of sp³-hybridized carbons (Fsp3) is 0.474. The van der Waals surface area contributed by atoms with E-state index in [4.69, 9.17) is 14.7 Å². The van der Waals surface area contributed by atoms with Crippen molar-refractivity contribution in [2.24, 2.45) is 0 Å². The number of hydrogen-bond donors (Lipinski definition) is 1. The summed E-state index contributed by atoms with van der Waals surface area (Å²) in [6, 6.07) is 7.50. The van der Waals surface area contributed by atoms with Gasteiger partial charge in [0.05, 0.1) is 30.5 Å². The van der Waals surface area contributed by atoms with Gasteiger partial charge < -0.3 is 10.1 Å². The smallest absolute Gasteiger partial charge is 0.324 e. The van der Waals surface area contributed by atoms with Crippen molar-refractivity contribution in [2.75, 3.05) is 39.4 Å². The van der Waals surface area contributed by atoms with Crippen LogP contribution in [-0.4, -0.2) is 76.3 Å². The molecule has 4 rings (SSSR count). The summed E-state index contributed by atoms with van der Waals surface area (Å²) in [5.74, 6) is 0.541. The van der Waals surface area contributed by atoms with Crippen molar-refractivity contribution in [2.45, 2.75) is 23.7 Å². The van der Waals surface area contributed by atoms with Crippen molar-refractivity contribution in [1.29, 1.82) is 0 Å². The van der Waals surface area contributed by atoms with Gasteiger partial charge in [-0.15, -0.1) is 0 Å². The van der Waals surface area contributed by atoms with Gasteiger partial charge in [-0.1, -0.05) is 30.0 Å². The molecule has 148 valence electrons. The van der Waals surface area contributed by atoms with E-state index in [2.05, 4.69) is 10.2 Å². The van der Waals surface area contributed by atoms with Crippen LogP contribution in [0, 0.1) is 0 Å². The molecular weight excluding hydrogens is 378 g/mol. The van der Waals surface area contributed by atoms with Gasteiger partial charge in [-0.2, -0.15) is 0 Å². The Balaban J connectivity index is 1.57. The molecule has 8 nitrogen and oxygen atoms in total. The number of aromatic nitrogens is 2. The molecule has 2 saturated heterocycles. The Morgan fingerprint density at radius 1 is 1.25 bits per heavy atom. The van der Waals surface area contributed by atoms with Gasteiger partial charge in [-0.25, -0.2) is 14.8 Å². The minimum atomic E-state index is -0.418. The number of amides is 3. The lowest BCUT2D eigenvalue weighted by Crippen LogP contribution is -2.39. The first kappa shape index (κ1) is 19.1. The number of rotatable bonds is 5. The van der Waals surface area contributed by atoms with Crippen LogP contribution in [0.4, 0.5) is 4.79 Å². The van der Waals surface area contributed by atoms with Crippen LogP contribution in [0.15, 0.2) is 29.3 Å². The molecule has 0 aliphatic carbocycles. The summed E-state index contributed by atoms with van der Waals surface area (Å²) in [5.41, 5.74) is 0.863. The van der Waals surface area contributed by atoms with Gasteiger partial charge in [0, 0.05) is 31.6 Å². The number of ether oxygens (including phenoxy) is 1. The predicted octanol–water partition coefficient (Wildman–Crippen LogP) is 1.49. The van der Waals surface area contributed by atoms with Gasteiger partial charge in [-0.3, -0.25) is 14.6 Å². The highest BCUT2D eigenvalue weighted by atomic mass is 32.2. The number of nitrogens with zero attached hydrogens (tertiary/aromatic N) is 4. The first-order valence-corrected chi connectivity index (χ1v) is 10.3. The number of urea groups is 1. The van der Waals surface area contributed by atoms with E-state index in [0.717, 1.165) is 48.1 Å². The fourth-order valence-corrected chi connectivity index (χ4v) is 4.35. The van der Waals surface area contributed by atoms with Crippen LogP contribution in [-0.2, 0) is 16.1 Å². The molecule has 1 atom stereocenters. The molecule has 1 unspecified atom stereocenters. The van der Waals surface area contributed by atoms with E-state index in [0.29, 0.717) is 19.6 Å². The fourth-order valence-electron chi connectivity index (χ4n) is 3.33. The zero-order valence-corrected chi connectivity index (χ0v) is 16.6. The Kier molecular flexibility index (Phi) is 5.74. The predicted molar refractivity (Wildman–Crippen MR) is 106 cm³/mol. The molecule has 1 aromatic carbocycles. The summed E-state index contributed by atoms with van der Waals surface area (Å²) in [5, 5.41) is 3.94. The highest BCUT2D eigenvalue weighted by Gasteiger charge is 2.30. The quantitative estimate of drug-likeness (QED) is 0.600. The maximum Gasteiger partial charge on any atom is 0.324 e. The molecule has 2 aliphatic rings. The highest BCUT2D eigenvalue weighted by molar-refractivity contribution is 8.00. The van der Waals surface area contributed by atoms with Crippen molar-refractivity contribution < 1.29 is 14.3 Å². The van der Waals surface area contributed by atoms with Gasteiger partial charge in [0.15, 0.2) is 0 Å². The topological polar surface area (TPSA) is 87.7 Å². The number of fused-ring (bicyclic) bond motifs is 1. The van der Waals surface area contributed by atoms with E-state index in [9.17, 15) is 9.59 Å². The summed E-state index contributed by atoms with van der Waals surface area (Å²) >= 11 is 1.38. The third kappa shape index (κ3) is 4.11. The van der Waals surface area contributed by atoms with E-state index < -0.39 is 5.25 Å². The largest absolute Gasteiger partial charge is 0.379 e. The monoisotopic (exact) mass is 401 g/mol. The summed E-state index contributed by atoms with van der Waals surface area (Å²) in [4.78, 5) is 37.5. The molecule has 1 aromatic heterocycles. The number of hydrogen-bond acceptors (Lipinski definition) is 7. The molecule has 0 saturated carbocycles. The minimum absolute atomic E-state index is 0.197. The highest BCUT2D eigenvalue weighted by Crippen LogP contribution is 2.30. The van der Waals surface area contributed by atoms with Crippen LogP contribution in [0.3, 0.4) is 0 Å². The summed E-state index contributed by atoms with van der Waals surface area (Å²) < 4.78 is 5.41. The van der Waals surface area contributed by atoms with E-state index in [1.807, 2.05) is 31.2 Å². The van der Waals surface area contributed by atoms with Crippen LogP contribution < -0.4 is 5.32 Å². The Morgan fingerprint density at radius 2 is 2.04 bits per heavy atom. The van der Waals surface area contributed by atoms with Crippen molar-refractivity contribution in [1.82, 2.24) is 25.1 Å². The van der Waals surface area contributed by atoms with Gasteiger partial charge in [0.25, 0.3) is 0 Å². The molecule has 2 fully saturated rings. The van der Waals surface area contributed by atoms with Gasteiger partial charge in [0.1, 0.15) is 10.9 Å². The SMILES string of the molecule is CC(Sc1nc(CN2CCOCC2)nc2ccccc12)C(=O)N1CCNC1=O. The number of para-hydroxylation sites is 1. The van der Waals surface area contributed by atoms with Gasteiger partial charge in [-0.05, 0) is 13.0 Å². The molecule has 3 amide bonds. The molecule has 28 heavy (non-hydrogen) atoms. The van der Waals surface area contributed by atoms with Crippen LogP contribution >= 0.6 is 11.8 Å². The number of thioether (sulfide) groups is 1. The summed E-state index contributed by atoms with van der Waals surface area (Å²) in [7, 11) is 0. The zero-order valence-electron chi connectivity index (χ0n) is 15.8. The molecular formula is C19H23N5O3S. The summed E-state index contributed by atoms with van der Waals surface area (Å²) in [6.07, 6.45) is 0. The average molecular weight is 401 g/mol. The average Bonchev–Trinajstić information content (AvgIpc) is 3.14. The standard InChI is InChI=1S/C19H23N5O3S/c1-13(18(25)24-7-6-20-19(24)26)28-17-14-4-2-3-5-15(14)21-16(22-17)12-23-8-10-27-11-9-23/h2-5,13H,6-12H2,1H3,(H,20,26). The second-order valence-electron chi connectivity index (χ2n) is 6.83. The third-order valence-corrected chi connectivity index (χ3v) is 5.93. The molecule has 2 aliphatic heterocycles. The first-order valence-electron chi connectivity index (χ1n) is 9.43. The van der Waals surface area contributed by atoms with Crippen molar-refractivity contribution in [3.63, 3.8) is 0 Å². The van der Waals surface area contributed by atoms with Crippen LogP contribution in [0.5, 0.6) is 0 Å². The number of nitrogens with one attached hydrogen (secondary N) is 1. The minimum Gasteiger partial charge on any atom is -0.379 e. The molecule has 3 heterocycles. The first-order chi connectivity index (χ1) is 13.6. The second kappa shape index (κ2) is 8.42. The number of carbonyl (C=O) groups is 2. The lowest BCUT2D eigenvalue weighted by molar-refractivity contribution is -0.126. The number of carbonyl (C=O) groups excluding carboxylic acids is 2. The number of morpholine rings is 1. The van der Waals surface area contributed by atoms with Crippen molar-refractivity contribution in [3.8, 4) is 0 Å². The van der Waals surface area contributed by atoms with E-state index in [1.54, 1.807) is 0 Å². The Bertz CT molecular complexity index is 887. The maximum atomic E-state index is 12.7. The van der Waals surface area contributed by atoms with E-state index >= 15 is 0 Å². The van der Waals surface area contributed by atoms with Crippen molar-refractivity contribution in [3.05, 3.63) is 30.1 Å². The van der Waals surface area contributed by atoms with Crippen LogP contribution in [0.1, 0.15) is 12.7 Å². The Hall–Kier alpha value is -2.23. The van der Waals surface area contributed by atoms with Crippen LogP contribution in [0.2, 0.25) is 0 Å². The van der Waals surface area contributed by atoms with Gasteiger partial charge in [0.2, 0.25) is 5.91 Å². The van der Waals surface area contributed by atoms with Crippen LogP contribution in [0.25, 0.3) is 10.9 Å². The zero-order chi connectivity index (χ0) is 19.5.